The van der Waals surface area contributed by atoms with Gasteiger partial charge in [-0.2, -0.15) is 0 Å². The molecule has 0 aliphatic carbocycles. The van der Waals surface area contributed by atoms with Gasteiger partial charge in [0.2, 0.25) is 0 Å². The molecule has 1 heterocycles. The summed E-state index contributed by atoms with van der Waals surface area (Å²) in [6, 6.07) is 26.9. The average molecular weight is 432 g/mol. The van der Waals surface area contributed by atoms with Gasteiger partial charge in [-0.1, -0.05) is 54.4 Å². The number of ether oxygens (including phenoxy) is 1. The lowest BCUT2D eigenvalue weighted by atomic mass is 10.2. The molecule has 0 bridgehead atoms. The van der Waals surface area contributed by atoms with Crippen molar-refractivity contribution >= 4 is 34.6 Å². The zero-order valence-electron chi connectivity index (χ0n) is 17.5. The number of para-hydroxylation sites is 2. The number of carbonyl (C=O) groups is 1. The molecule has 1 aromatic heterocycles. The fourth-order valence-electron chi connectivity index (χ4n) is 3.41. The summed E-state index contributed by atoms with van der Waals surface area (Å²) in [6.45, 7) is 3.01. The molecule has 31 heavy (non-hydrogen) atoms. The average Bonchev–Trinajstić information content (AvgIpc) is 3.16. The predicted octanol–water partition coefficient (Wildman–Crippen LogP) is 5.76. The monoisotopic (exact) mass is 431 g/mol. The highest BCUT2D eigenvalue weighted by atomic mass is 32.2. The van der Waals surface area contributed by atoms with Gasteiger partial charge < -0.3 is 14.0 Å². The van der Waals surface area contributed by atoms with Crippen molar-refractivity contribution in [2.75, 3.05) is 17.1 Å². The molecule has 0 saturated heterocycles. The quantitative estimate of drug-likeness (QED) is 0.207. The Morgan fingerprint density at radius 1 is 1.00 bits per heavy atom. The normalized spacial score (nSPS) is 10.9. The fraction of sp³-hybridized carbons (Fsp3) is 0.200. The highest BCUT2D eigenvalue weighted by molar-refractivity contribution is 8.00. The lowest BCUT2D eigenvalue weighted by molar-refractivity contribution is -0.142. The molecular weight excluding hydrogens is 406 g/mol. The third-order valence-corrected chi connectivity index (χ3v) is 5.67. The summed E-state index contributed by atoms with van der Waals surface area (Å²) in [5.74, 6) is 1.45. The minimum absolute atomic E-state index is 0.163. The van der Waals surface area contributed by atoms with Crippen LogP contribution < -0.4 is 4.72 Å². The second-order valence-corrected chi connectivity index (χ2v) is 7.98. The van der Waals surface area contributed by atoms with Crippen LogP contribution in [0.15, 0.2) is 78.9 Å². The van der Waals surface area contributed by atoms with E-state index in [9.17, 15) is 4.79 Å². The van der Waals surface area contributed by atoms with Crippen LogP contribution in [0.2, 0.25) is 0 Å². The van der Waals surface area contributed by atoms with Gasteiger partial charge in [0.05, 0.1) is 24.1 Å². The molecule has 0 unspecified atom stereocenters. The highest BCUT2D eigenvalue weighted by Crippen LogP contribution is 2.27. The van der Waals surface area contributed by atoms with Gasteiger partial charge in [0.1, 0.15) is 5.82 Å². The van der Waals surface area contributed by atoms with Crippen LogP contribution in [0.4, 0.5) is 5.69 Å². The van der Waals surface area contributed by atoms with Gasteiger partial charge in [0.15, 0.2) is 0 Å². The molecule has 0 amide bonds. The number of imidazole rings is 1. The third kappa shape index (κ3) is 5.27. The van der Waals surface area contributed by atoms with Crippen LogP contribution in [0.1, 0.15) is 18.9 Å². The smallest absolute Gasteiger partial charge is 0.306 e. The molecule has 0 spiro atoms. The van der Waals surface area contributed by atoms with Crippen molar-refractivity contribution in [3.05, 3.63) is 84.4 Å². The number of aromatic nitrogens is 2. The van der Waals surface area contributed by atoms with Gasteiger partial charge >= 0.3 is 5.97 Å². The van der Waals surface area contributed by atoms with Crippen molar-refractivity contribution in [1.29, 1.82) is 0 Å². The number of nitrogens with zero attached hydrogens (tertiary/aromatic N) is 2. The molecule has 158 valence electrons. The number of hydrogen-bond donors (Lipinski definition) is 1. The Kier molecular flexibility index (Phi) is 6.89. The summed E-state index contributed by atoms with van der Waals surface area (Å²) in [5.41, 5.74) is 5.41. The minimum atomic E-state index is -0.163. The molecule has 4 aromatic rings. The van der Waals surface area contributed by atoms with Crippen molar-refractivity contribution in [1.82, 2.24) is 9.55 Å². The number of hydrogen-bond acceptors (Lipinski definition) is 5. The maximum Gasteiger partial charge on any atom is 0.306 e. The van der Waals surface area contributed by atoms with Gasteiger partial charge in [0, 0.05) is 23.5 Å². The minimum Gasteiger partial charge on any atom is -0.466 e. The molecule has 0 atom stereocenters. The molecule has 0 radical (unpaired) electrons. The molecule has 6 heteroatoms. The number of esters is 1. The molecule has 1 N–H and O–H groups in total. The standard InChI is InChI=1S/C25H25N3O2S/c1-2-30-24(29)16-17-31-27-21-14-12-20(13-15-21)25-26-22-10-6-7-11-23(22)28(25)18-19-8-4-3-5-9-19/h3-15,27H,2,16-18H2,1H3. The fourth-order valence-corrected chi connectivity index (χ4v) is 4.08. The molecular formula is C25H25N3O2S. The molecule has 0 saturated carbocycles. The van der Waals surface area contributed by atoms with Crippen LogP contribution >= 0.6 is 11.9 Å². The maximum atomic E-state index is 11.4. The number of nitrogens with one attached hydrogen (secondary N) is 1. The van der Waals surface area contributed by atoms with E-state index in [0.717, 1.165) is 34.7 Å². The molecule has 4 rings (SSSR count). The van der Waals surface area contributed by atoms with Crippen molar-refractivity contribution in [3.63, 3.8) is 0 Å². The summed E-state index contributed by atoms with van der Waals surface area (Å²) in [7, 11) is 0. The van der Waals surface area contributed by atoms with E-state index in [1.54, 1.807) is 0 Å². The van der Waals surface area contributed by atoms with Gasteiger partial charge in [-0.3, -0.25) is 4.79 Å². The Balaban J connectivity index is 1.51. The first-order chi connectivity index (χ1) is 15.2. The van der Waals surface area contributed by atoms with Gasteiger partial charge in [-0.05, 0) is 48.9 Å². The van der Waals surface area contributed by atoms with Crippen LogP contribution in [0, 0.1) is 0 Å². The SMILES string of the molecule is CCOC(=O)CCSNc1ccc(-c2nc3ccccc3n2Cc2ccccc2)cc1. The molecule has 5 nitrogen and oxygen atoms in total. The first kappa shape index (κ1) is 21.0. The van der Waals surface area contributed by atoms with Gasteiger partial charge in [-0.15, -0.1) is 0 Å². The van der Waals surface area contributed by atoms with Crippen molar-refractivity contribution in [3.8, 4) is 11.4 Å². The first-order valence-electron chi connectivity index (χ1n) is 10.4. The topological polar surface area (TPSA) is 56.1 Å². The van der Waals surface area contributed by atoms with E-state index in [1.807, 2.05) is 31.2 Å². The Morgan fingerprint density at radius 3 is 2.52 bits per heavy atom. The Hall–Kier alpha value is -3.25. The van der Waals surface area contributed by atoms with E-state index in [1.165, 1.54) is 17.5 Å². The number of fused-ring (bicyclic) bond motifs is 1. The largest absolute Gasteiger partial charge is 0.466 e. The molecule has 0 aliphatic heterocycles. The lowest BCUT2D eigenvalue weighted by Gasteiger charge is -2.11. The van der Waals surface area contributed by atoms with Crippen molar-refractivity contribution < 1.29 is 9.53 Å². The summed E-state index contributed by atoms with van der Waals surface area (Å²) in [4.78, 5) is 16.3. The van der Waals surface area contributed by atoms with E-state index in [-0.39, 0.29) is 5.97 Å². The molecule has 0 aliphatic rings. The van der Waals surface area contributed by atoms with E-state index >= 15 is 0 Å². The number of carbonyl (C=O) groups excluding carboxylic acids is 1. The number of rotatable bonds is 9. The summed E-state index contributed by atoms with van der Waals surface area (Å²) >= 11 is 1.50. The van der Waals surface area contributed by atoms with E-state index < -0.39 is 0 Å². The van der Waals surface area contributed by atoms with E-state index in [2.05, 4.69) is 63.9 Å². The summed E-state index contributed by atoms with van der Waals surface area (Å²) < 4.78 is 10.5. The maximum absolute atomic E-state index is 11.4. The van der Waals surface area contributed by atoms with Crippen LogP contribution in [-0.2, 0) is 16.1 Å². The Morgan fingerprint density at radius 2 is 1.74 bits per heavy atom. The van der Waals surface area contributed by atoms with Crippen molar-refractivity contribution in [2.24, 2.45) is 0 Å². The molecule has 0 fully saturated rings. The highest BCUT2D eigenvalue weighted by Gasteiger charge is 2.13. The number of anilines is 1. The van der Waals surface area contributed by atoms with Crippen LogP contribution in [0.3, 0.4) is 0 Å². The van der Waals surface area contributed by atoms with Crippen LogP contribution in [-0.4, -0.2) is 27.9 Å². The Labute approximate surface area is 186 Å². The molecule has 3 aromatic carbocycles. The predicted molar refractivity (Wildman–Crippen MR) is 128 cm³/mol. The van der Waals surface area contributed by atoms with Gasteiger partial charge in [0.25, 0.3) is 0 Å². The van der Waals surface area contributed by atoms with Crippen LogP contribution in [0.5, 0.6) is 0 Å². The summed E-state index contributed by atoms with van der Waals surface area (Å²) in [6.07, 6.45) is 0.396. The summed E-state index contributed by atoms with van der Waals surface area (Å²) in [5, 5.41) is 0. The third-order valence-electron chi connectivity index (χ3n) is 4.88. The lowest BCUT2D eigenvalue weighted by Crippen LogP contribution is -2.05. The van der Waals surface area contributed by atoms with E-state index in [4.69, 9.17) is 9.72 Å². The zero-order chi connectivity index (χ0) is 21.5. The first-order valence-corrected chi connectivity index (χ1v) is 11.4. The number of benzene rings is 3. The van der Waals surface area contributed by atoms with Gasteiger partial charge in [-0.25, -0.2) is 4.98 Å². The van der Waals surface area contributed by atoms with Crippen molar-refractivity contribution in [2.45, 2.75) is 19.9 Å². The second-order valence-electron chi connectivity index (χ2n) is 7.08. The second kappa shape index (κ2) is 10.2. The van der Waals surface area contributed by atoms with E-state index in [0.29, 0.717) is 18.8 Å². The van der Waals surface area contributed by atoms with Crippen LogP contribution in [0.25, 0.3) is 22.4 Å². The Bertz CT molecular complexity index is 1140. The zero-order valence-corrected chi connectivity index (χ0v) is 18.3.